The third kappa shape index (κ3) is 3.50. The average molecular weight is 359 g/mol. The van der Waals surface area contributed by atoms with E-state index in [1.807, 2.05) is 36.4 Å². The van der Waals surface area contributed by atoms with Gasteiger partial charge in [-0.15, -0.1) is 0 Å². The van der Waals surface area contributed by atoms with Crippen LogP contribution in [0, 0.1) is 0 Å². The Labute approximate surface area is 148 Å². The van der Waals surface area contributed by atoms with Gasteiger partial charge in [-0.05, 0) is 61.1 Å². The Morgan fingerprint density at radius 2 is 1.76 bits per heavy atom. The molecule has 0 saturated carbocycles. The van der Waals surface area contributed by atoms with E-state index in [2.05, 4.69) is 4.72 Å². The van der Waals surface area contributed by atoms with Crippen molar-refractivity contribution in [3.05, 3.63) is 53.6 Å². The van der Waals surface area contributed by atoms with Gasteiger partial charge in [-0.25, -0.2) is 13.1 Å². The summed E-state index contributed by atoms with van der Waals surface area (Å²) in [6.45, 7) is 0.497. The number of para-hydroxylation sites is 2. The van der Waals surface area contributed by atoms with Crippen LogP contribution in [0.15, 0.2) is 47.4 Å². The van der Waals surface area contributed by atoms with Gasteiger partial charge >= 0.3 is 0 Å². The summed E-state index contributed by atoms with van der Waals surface area (Å²) in [5.41, 5.74) is 2.42. The maximum absolute atomic E-state index is 12.6. The van der Waals surface area contributed by atoms with Gasteiger partial charge in [0.1, 0.15) is 12.7 Å². The quantitative estimate of drug-likeness (QED) is 0.912. The number of aryl methyl sites for hydroxylation is 2. The van der Waals surface area contributed by atoms with Crippen LogP contribution < -0.4 is 14.2 Å². The minimum atomic E-state index is -3.56. The summed E-state index contributed by atoms with van der Waals surface area (Å²) in [5, 5.41) is 0. The topological polar surface area (TPSA) is 64.6 Å². The molecule has 0 aromatic heterocycles. The minimum absolute atomic E-state index is 0.174. The fraction of sp³-hybridized carbons (Fsp3) is 0.368. The third-order valence-corrected chi connectivity index (χ3v) is 6.12. The van der Waals surface area contributed by atoms with Gasteiger partial charge in [0.05, 0.1) is 11.4 Å². The molecule has 0 fully saturated rings. The van der Waals surface area contributed by atoms with Crippen molar-refractivity contribution in [3.63, 3.8) is 0 Å². The predicted molar refractivity (Wildman–Crippen MR) is 94.6 cm³/mol. The molecule has 1 aliphatic heterocycles. The molecular formula is C19H21NO4S. The average Bonchev–Trinajstić information content (AvgIpc) is 2.66. The lowest BCUT2D eigenvalue weighted by Gasteiger charge is -2.26. The molecule has 0 amide bonds. The van der Waals surface area contributed by atoms with Crippen molar-refractivity contribution in [1.29, 1.82) is 0 Å². The van der Waals surface area contributed by atoms with Crippen molar-refractivity contribution in [3.8, 4) is 11.5 Å². The van der Waals surface area contributed by atoms with Crippen LogP contribution in [0.5, 0.6) is 11.5 Å². The Kier molecular flexibility index (Phi) is 4.39. The van der Waals surface area contributed by atoms with Crippen LogP contribution in [0.3, 0.4) is 0 Å². The number of benzene rings is 2. The number of hydrogen-bond donors (Lipinski definition) is 1. The van der Waals surface area contributed by atoms with Gasteiger partial charge in [0.2, 0.25) is 10.0 Å². The number of nitrogens with one attached hydrogen (secondary N) is 1. The number of hydrogen-bond acceptors (Lipinski definition) is 4. The lowest BCUT2D eigenvalue weighted by Crippen LogP contribution is -2.40. The fourth-order valence-electron chi connectivity index (χ4n) is 3.33. The lowest BCUT2D eigenvalue weighted by molar-refractivity contribution is 0.0943. The number of sulfonamides is 1. The molecule has 4 rings (SSSR count). The van der Waals surface area contributed by atoms with Gasteiger partial charge in [0, 0.05) is 0 Å². The van der Waals surface area contributed by atoms with Gasteiger partial charge in [-0.3, -0.25) is 0 Å². The molecule has 1 atom stereocenters. The van der Waals surface area contributed by atoms with E-state index in [1.54, 1.807) is 6.07 Å². The largest absolute Gasteiger partial charge is 0.486 e. The summed E-state index contributed by atoms with van der Waals surface area (Å²) < 4.78 is 39.3. The summed E-state index contributed by atoms with van der Waals surface area (Å²) in [7, 11) is -3.56. The van der Waals surface area contributed by atoms with E-state index in [4.69, 9.17) is 9.47 Å². The normalized spacial score (nSPS) is 19.3. The number of fused-ring (bicyclic) bond motifs is 2. The number of ether oxygens (including phenoxy) is 2. The minimum Gasteiger partial charge on any atom is -0.486 e. The molecule has 2 aliphatic rings. The van der Waals surface area contributed by atoms with Crippen LogP contribution in [-0.4, -0.2) is 27.7 Å². The molecular weight excluding hydrogens is 338 g/mol. The Balaban J connectivity index is 1.44. The van der Waals surface area contributed by atoms with Gasteiger partial charge in [0.15, 0.2) is 11.5 Å². The van der Waals surface area contributed by atoms with Crippen LogP contribution in [0.2, 0.25) is 0 Å². The zero-order chi connectivity index (χ0) is 17.3. The smallest absolute Gasteiger partial charge is 0.240 e. The van der Waals surface area contributed by atoms with Crippen molar-refractivity contribution in [1.82, 2.24) is 4.72 Å². The van der Waals surface area contributed by atoms with Crippen LogP contribution >= 0.6 is 0 Å². The van der Waals surface area contributed by atoms with Crippen molar-refractivity contribution in [2.24, 2.45) is 0 Å². The molecule has 1 heterocycles. The highest BCUT2D eigenvalue weighted by Gasteiger charge is 2.24. The van der Waals surface area contributed by atoms with Crippen molar-refractivity contribution >= 4 is 10.0 Å². The molecule has 2 aromatic carbocycles. The van der Waals surface area contributed by atoms with Crippen LogP contribution in [0.25, 0.3) is 0 Å². The van der Waals surface area contributed by atoms with E-state index >= 15 is 0 Å². The first-order valence-corrected chi connectivity index (χ1v) is 10.1. The van der Waals surface area contributed by atoms with Crippen molar-refractivity contribution in [2.75, 3.05) is 13.2 Å². The highest BCUT2D eigenvalue weighted by Crippen LogP contribution is 2.31. The molecule has 0 saturated heterocycles. The maximum Gasteiger partial charge on any atom is 0.240 e. The van der Waals surface area contributed by atoms with Crippen molar-refractivity contribution in [2.45, 2.75) is 36.7 Å². The fourth-order valence-corrected chi connectivity index (χ4v) is 4.44. The highest BCUT2D eigenvalue weighted by molar-refractivity contribution is 7.89. The second-order valence-corrected chi connectivity index (χ2v) is 8.25. The Hall–Kier alpha value is -2.05. The lowest BCUT2D eigenvalue weighted by atomic mass is 9.92. The highest BCUT2D eigenvalue weighted by atomic mass is 32.2. The van der Waals surface area contributed by atoms with Gasteiger partial charge in [-0.2, -0.15) is 0 Å². The zero-order valence-corrected chi connectivity index (χ0v) is 14.7. The number of rotatable bonds is 4. The van der Waals surface area contributed by atoms with E-state index in [-0.39, 0.29) is 12.6 Å². The SMILES string of the molecule is O=S(=O)(NC[C@H]1COc2ccccc2O1)c1ccc2c(c1)CCCC2. The van der Waals surface area contributed by atoms with E-state index in [0.717, 1.165) is 24.8 Å². The molecule has 0 radical (unpaired) electrons. The third-order valence-electron chi connectivity index (χ3n) is 4.70. The first-order valence-electron chi connectivity index (χ1n) is 8.62. The first kappa shape index (κ1) is 16.4. The second kappa shape index (κ2) is 6.69. The maximum atomic E-state index is 12.6. The Bertz CT molecular complexity index is 879. The van der Waals surface area contributed by atoms with E-state index < -0.39 is 10.0 Å². The molecule has 5 nitrogen and oxygen atoms in total. The van der Waals surface area contributed by atoms with Gasteiger partial charge < -0.3 is 9.47 Å². The Morgan fingerprint density at radius 1 is 1.00 bits per heavy atom. The predicted octanol–water partition coefficient (Wildman–Crippen LogP) is 2.68. The summed E-state index contributed by atoms with van der Waals surface area (Å²) in [6.07, 6.45) is 3.95. The Morgan fingerprint density at radius 3 is 2.60 bits per heavy atom. The monoisotopic (exact) mass is 359 g/mol. The van der Waals surface area contributed by atoms with Crippen molar-refractivity contribution < 1.29 is 17.9 Å². The molecule has 1 N–H and O–H groups in total. The first-order chi connectivity index (χ1) is 12.1. The summed E-state index contributed by atoms with van der Waals surface area (Å²) in [4.78, 5) is 0.324. The summed E-state index contributed by atoms with van der Waals surface area (Å²) in [6, 6.07) is 12.8. The standard InChI is InChI=1S/C19H21NO4S/c21-25(22,17-10-9-14-5-1-2-6-15(14)11-17)20-12-16-13-23-18-7-3-4-8-19(18)24-16/h3-4,7-11,16,20H,1-2,5-6,12-13H2/t16-/m0/s1. The van der Waals surface area contributed by atoms with E-state index in [9.17, 15) is 8.42 Å². The zero-order valence-electron chi connectivity index (χ0n) is 13.9. The molecule has 25 heavy (non-hydrogen) atoms. The van der Waals surface area contributed by atoms with Gasteiger partial charge in [0.25, 0.3) is 0 Å². The van der Waals surface area contributed by atoms with E-state index in [0.29, 0.717) is 23.0 Å². The van der Waals surface area contributed by atoms with Crippen LogP contribution in [-0.2, 0) is 22.9 Å². The molecule has 1 aliphatic carbocycles. The molecule has 0 bridgehead atoms. The summed E-state index contributed by atoms with van der Waals surface area (Å²) in [5.74, 6) is 1.34. The molecule has 0 spiro atoms. The molecule has 0 unspecified atom stereocenters. The van der Waals surface area contributed by atoms with Crippen LogP contribution in [0.4, 0.5) is 0 Å². The molecule has 132 valence electrons. The van der Waals surface area contributed by atoms with Crippen LogP contribution in [0.1, 0.15) is 24.0 Å². The molecule has 2 aromatic rings. The van der Waals surface area contributed by atoms with E-state index in [1.165, 1.54) is 12.0 Å². The second-order valence-electron chi connectivity index (χ2n) is 6.49. The molecule has 6 heteroatoms. The van der Waals surface area contributed by atoms with Gasteiger partial charge in [-0.1, -0.05) is 18.2 Å². The summed E-state index contributed by atoms with van der Waals surface area (Å²) >= 11 is 0.